The Morgan fingerprint density at radius 1 is 1.07 bits per heavy atom. The van der Waals surface area contributed by atoms with E-state index in [-0.39, 0.29) is 6.04 Å². The first kappa shape index (κ1) is 18.6. The Labute approximate surface area is 174 Å². The number of carbonyl (C=O) groups is 1. The van der Waals surface area contributed by atoms with E-state index >= 15 is 0 Å². The second-order valence-electron chi connectivity index (χ2n) is 7.80. The van der Waals surface area contributed by atoms with Gasteiger partial charge >= 0.3 is 6.09 Å². The number of hydrogen-bond donors (Lipinski definition) is 1. The lowest BCUT2D eigenvalue weighted by molar-refractivity contribution is 0.167. The van der Waals surface area contributed by atoms with Crippen LogP contribution in [0.25, 0.3) is 10.9 Å². The molecule has 4 heterocycles. The molecule has 8 nitrogen and oxygen atoms in total. The molecule has 2 fully saturated rings. The van der Waals surface area contributed by atoms with Gasteiger partial charge in [-0.05, 0) is 24.6 Å². The van der Waals surface area contributed by atoms with Gasteiger partial charge in [-0.15, -0.1) is 0 Å². The zero-order valence-corrected chi connectivity index (χ0v) is 16.9. The van der Waals surface area contributed by atoms with Gasteiger partial charge in [-0.25, -0.2) is 14.8 Å². The summed E-state index contributed by atoms with van der Waals surface area (Å²) in [4.78, 5) is 30.1. The monoisotopic (exact) mass is 404 g/mol. The summed E-state index contributed by atoms with van der Waals surface area (Å²) in [5, 5.41) is 4.03. The van der Waals surface area contributed by atoms with Crippen molar-refractivity contribution in [1.82, 2.24) is 20.3 Å². The summed E-state index contributed by atoms with van der Waals surface area (Å²) in [6.07, 6.45) is 3.97. The molecule has 2 saturated heterocycles. The first-order chi connectivity index (χ1) is 14.7. The Bertz CT molecular complexity index is 1070. The molecular weight excluding hydrogens is 380 g/mol. The summed E-state index contributed by atoms with van der Waals surface area (Å²) in [5.74, 6) is 2.23. The van der Waals surface area contributed by atoms with Crippen molar-refractivity contribution in [2.24, 2.45) is 0 Å². The molecule has 154 valence electrons. The molecule has 2 aliphatic heterocycles. The maximum atomic E-state index is 11.5. The Kier molecular flexibility index (Phi) is 4.82. The number of aromatic nitrogens is 3. The lowest BCUT2D eigenvalue weighted by Crippen LogP contribution is -2.46. The van der Waals surface area contributed by atoms with Crippen LogP contribution in [-0.4, -0.2) is 60.4 Å². The largest absolute Gasteiger partial charge is 0.453 e. The van der Waals surface area contributed by atoms with Crippen molar-refractivity contribution < 1.29 is 9.53 Å². The summed E-state index contributed by atoms with van der Waals surface area (Å²) in [6, 6.07) is 12.4. The number of amides is 1. The molecule has 0 bridgehead atoms. The Balaban J connectivity index is 1.28. The minimum atomic E-state index is -0.390. The van der Waals surface area contributed by atoms with Crippen LogP contribution in [0.5, 0.6) is 0 Å². The van der Waals surface area contributed by atoms with E-state index in [9.17, 15) is 4.79 Å². The van der Waals surface area contributed by atoms with Crippen LogP contribution in [0, 0.1) is 0 Å². The third-order valence-corrected chi connectivity index (χ3v) is 5.88. The molecule has 0 radical (unpaired) electrons. The average molecular weight is 404 g/mol. The van der Waals surface area contributed by atoms with Gasteiger partial charge in [-0.3, -0.25) is 4.98 Å². The highest BCUT2D eigenvalue weighted by atomic mass is 16.5. The van der Waals surface area contributed by atoms with Gasteiger partial charge in [0.25, 0.3) is 0 Å². The lowest BCUT2D eigenvalue weighted by Gasteiger charge is -2.40. The van der Waals surface area contributed by atoms with Crippen molar-refractivity contribution in [1.29, 1.82) is 0 Å². The number of rotatable bonds is 4. The zero-order valence-electron chi connectivity index (χ0n) is 16.9. The van der Waals surface area contributed by atoms with E-state index in [1.165, 1.54) is 7.11 Å². The fourth-order valence-corrected chi connectivity index (χ4v) is 4.24. The number of nitrogens with one attached hydrogen (secondary N) is 1. The highest BCUT2D eigenvalue weighted by molar-refractivity contribution is 5.80. The number of methoxy groups -OCH3 is 1. The summed E-state index contributed by atoms with van der Waals surface area (Å²) in [7, 11) is 1.38. The van der Waals surface area contributed by atoms with E-state index in [0.29, 0.717) is 12.5 Å². The molecular formula is C22H24N6O2. The van der Waals surface area contributed by atoms with Crippen molar-refractivity contribution in [3.8, 4) is 0 Å². The second kappa shape index (κ2) is 7.78. The molecule has 2 aliphatic rings. The minimum Gasteiger partial charge on any atom is -0.453 e. The molecule has 1 aromatic carbocycles. The first-order valence-corrected chi connectivity index (χ1v) is 10.2. The second-order valence-corrected chi connectivity index (χ2v) is 7.80. The van der Waals surface area contributed by atoms with Gasteiger partial charge < -0.3 is 19.9 Å². The number of para-hydroxylation sites is 1. The van der Waals surface area contributed by atoms with Gasteiger partial charge in [-0.2, -0.15) is 0 Å². The highest BCUT2D eigenvalue weighted by Crippen LogP contribution is 2.35. The average Bonchev–Trinajstić information content (AvgIpc) is 3.21. The van der Waals surface area contributed by atoms with Crippen LogP contribution < -0.4 is 15.1 Å². The third-order valence-electron chi connectivity index (χ3n) is 5.88. The summed E-state index contributed by atoms with van der Waals surface area (Å²) < 4.78 is 4.71. The first-order valence-electron chi connectivity index (χ1n) is 10.2. The van der Waals surface area contributed by atoms with E-state index in [0.717, 1.165) is 54.3 Å². The summed E-state index contributed by atoms with van der Waals surface area (Å²) in [6.45, 7) is 3.29. The number of pyridine rings is 1. The van der Waals surface area contributed by atoms with Crippen LogP contribution in [0.3, 0.4) is 0 Å². The van der Waals surface area contributed by atoms with Crippen molar-refractivity contribution in [3.63, 3.8) is 0 Å². The summed E-state index contributed by atoms with van der Waals surface area (Å²) in [5.41, 5.74) is 2.04. The number of fused-ring (bicyclic) bond motifs is 1. The molecule has 1 unspecified atom stereocenters. The normalized spacial score (nSPS) is 19.0. The number of ether oxygens (including phenoxy) is 1. The van der Waals surface area contributed by atoms with E-state index in [4.69, 9.17) is 9.72 Å². The molecule has 0 aliphatic carbocycles. The van der Waals surface area contributed by atoms with Crippen LogP contribution in [0.15, 0.2) is 48.8 Å². The SMILES string of the molecule is COC(=O)NC1CCN(c2nccnc2C2CN(c3ccc4ccccc4n3)C2)C1. The number of benzene rings is 1. The number of anilines is 2. The smallest absolute Gasteiger partial charge is 0.407 e. The van der Waals surface area contributed by atoms with Crippen molar-refractivity contribution in [2.75, 3.05) is 43.1 Å². The predicted molar refractivity (Wildman–Crippen MR) is 115 cm³/mol. The topological polar surface area (TPSA) is 83.5 Å². The number of nitrogens with zero attached hydrogens (tertiary/aromatic N) is 5. The lowest BCUT2D eigenvalue weighted by atomic mass is 9.95. The van der Waals surface area contributed by atoms with Gasteiger partial charge in [0, 0.05) is 49.9 Å². The Morgan fingerprint density at radius 3 is 2.77 bits per heavy atom. The molecule has 3 aromatic rings. The molecule has 1 N–H and O–H groups in total. The Morgan fingerprint density at radius 2 is 1.90 bits per heavy atom. The van der Waals surface area contributed by atoms with E-state index in [1.807, 2.05) is 18.2 Å². The molecule has 0 saturated carbocycles. The van der Waals surface area contributed by atoms with E-state index in [2.05, 4.69) is 43.3 Å². The summed E-state index contributed by atoms with van der Waals surface area (Å²) >= 11 is 0. The van der Waals surface area contributed by atoms with E-state index < -0.39 is 6.09 Å². The van der Waals surface area contributed by atoms with Gasteiger partial charge in [0.1, 0.15) is 5.82 Å². The van der Waals surface area contributed by atoms with E-state index in [1.54, 1.807) is 12.4 Å². The minimum absolute atomic E-state index is 0.0620. The van der Waals surface area contributed by atoms with Gasteiger partial charge in [0.2, 0.25) is 0 Å². The quantitative estimate of drug-likeness (QED) is 0.715. The fraction of sp³-hybridized carbons (Fsp3) is 0.364. The molecule has 1 atom stereocenters. The maximum absolute atomic E-state index is 11.5. The van der Waals surface area contributed by atoms with Crippen molar-refractivity contribution in [2.45, 2.75) is 18.4 Å². The fourth-order valence-electron chi connectivity index (χ4n) is 4.24. The molecule has 5 rings (SSSR count). The van der Waals surface area contributed by atoms with Crippen LogP contribution in [0.4, 0.5) is 16.4 Å². The molecule has 8 heteroatoms. The van der Waals surface area contributed by atoms with Crippen LogP contribution in [0.2, 0.25) is 0 Å². The predicted octanol–water partition coefficient (Wildman–Crippen LogP) is 2.56. The maximum Gasteiger partial charge on any atom is 0.407 e. The van der Waals surface area contributed by atoms with Crippen molar-refractivity contribution >= 4 is 28.6 Å². The van der Waals surface area contributed by atoms with Crippen LogP contribution >= 0.6 is 0 Å². The number of alkyl carbamates (subject to hydrolysis) is 1. The Hall–Kier alpha value is -3.42. The third kappa shape index (κ3) is 3.49. The van der Waals surface area contributed by atoms with Gasteiger partial charge in [0.15, 0.2) is 5.82 Å². The van der Waals surface area contributed by atoms with Crippen LogP contribution in [0.1, 0.15) is 18.0 Å². The molecule has 1 amide bonds. The van der Waals surface area contributed by atoms with Crippen LogP contribution in [-0.2, 0) is 4.74 Å². The van der Waals surface area contributed by atoms with Gasteiger partial charge in [-0.1, -0.05) is 18.2 Å². The molecule has 30 heavy (non-hydrogen) atoms. The zero-order chi connectivity index (χ0) is 20.5. The highest BCUT2D eigenvalue weighted by Gasteiger charge is 2.35. The molecule has 0 spiro atoms. The standard InChI is InChI=1S/C22H24N6O2/c1-30-22(29)25-17-8-11-27(14-17)21-20(23-9-10-24-21)16-12-28(13-16)19-7-6-15-4-2-3-5-18(15)26-19/h2-7,9-10,16-17H,8,11-14H2,1H3,(H,25,29). The van der Waals surface area contributed by atoms with Crippen molar-refractivity contribution in [3.05, 3.63) is 54.5 Å². The molecule has 2 aromatic heterocycles. The number of carbonyl (C=O) groups excluding carboxylic acids is 1. The number of hydrogen-bond acceptors (Lipinski definition) is 7. The van der Waals surface area contributed by atoms with Gasteiger partial charge in [0.05, 0.1) is 24.4 Å².